The Bertz CT molecular complexity index is 574. The summed E-state index contributed by atoms with van der Waals surface area (Å²) in [4.78, 5) is 24.6. The number of nitrogens with one attached hydrogen (secondary N) is 1. The van der Waals surface area contributed by atoms with Crippen molar-refractivity contribution in [3.05, 3.63) is 0 Å². The van der Waals surface area contributed by atoms with Crippen molar-refractivity contribution < 1.29 is 37.6 Å². The first-order valence-corrected chi connectivity index (χ1v) is 11.2. The van der Waals surface area contributed by atoms with Gasteiger partial charge in [-0.3, -0.25) is 13.8 Å². The Balaban J connectivity index is 2.69. The summed E-state index contributed by atoms with van der Waals surface area (Å²) in [5, 5.41) is 12.2. The molecule has 1 amide bonds. The zero-order valence-corrected chi connectivity index (χ0v) is 19.1. The number of phosphoric acid groups is 1. The summed E-state index contributed by atoms with van der Waals surface area (Å²) in [7, 11) is -4.01. The van der Waals surface area contributed by atoms with Crippen molar-refractivity contribution in [1.82, 2.24) is 10.2 Å². The number of hydrogen-bond acceptors (Lipinski definition) is 8. The number of carboxylic acid groups (broad SMARTS) is 1. The molecule has 1 fully saturated rings. The SMILES string of the molecule is CC(C)(C)OP(=O)(OCOC(=O)N(CCC(=O)O)C[C@@H]1CCCN1)OC(C)(C)C. The van der Waals surface area contributed by atoms with E-state index in [1.165, 1.54) is 4.90 Å². The quantitative estimate of drug-likeness (QED) is 0.390. The van der Waals surface area contributed by atoms with Gasteiger partial charge >= 0.3 is 19.9 Å². The Morgan fingerprint density at radius 3 is 2.17 bits per heavy atom. The van der Waals surface area contributed by atoms with Crippen LogP contribution in [0.4, 0.5) is 4.79 Å². The van der Waals surface area contributed by atoms with E-state index in [2.05, 4.69) is 5.32 Å². The minimum absolute atomic E-state index is 0.000982. The zero-order valence-electron chi connectivity index (χ0n) is 18.2. The van der Waals surface area contributed by atoms with Gasteiger partial charge in [-0.05, 0) is 60.9 Å². The second-order valence-corrected chi connectivity index (χ2v) is 10.4. The number of phosphoric ester groups is 1. The maximum atomic E-state index is 12.9. The Morgan fingerprint density at radius 1 is 1.14 bits per heavy atom. The summed E-state index contributed by atoms with van der Waals surface area (Å²) in [6.07, 6.45) is 0.925. The summed E-state index contributed by atoms with van der Waals surface area (Å²) in [5.41, 5.74) is -1.63. The van der Waals surface area contributed by atoms with Crippen molar-refractivity contribution in [2.75, 3.05) is 26.4 Å². The molecule has 0 aromatic rings. The smallest absolute Gasteiger partial charge is 0.478 e. The molecule has 0 saturated carbocycles. The van der Waals surface area contributed by atoms with Crippen LogP contribution in [0.15, 0.2) is 0 Å². The van der Waals surface area contributed by atoms with Crippen LogP contribution in [0.1, 0.15) is 60.8 Å². The van der Waals surface area contributed by atoms with Gasteiger partial charge in [-0.25, -0.2) is 13.9 Å². The van der Waals surface area contributed by atoms with Crippen LogP contribution in [-0.4, -0.2) is 65.7 Å². The van der Waals surface area contributed by atoms with Gasteiger partial charge in [0.15, 0.2) is 0 Å². The molecule has 0 bridgehead atoms. The lowest BCUT2D eigenvalue weighted by atomic mass is 10.2. The second kappa shape index (κ2) is 10.7. The summed E-state index contributed by atoms with van der Waals surface area (Å²) in [6, 6.07) is 0.0804. The fourth-order valence-electron chi connectivity index (χ4n) is 2.64. The Labute approximate surface area is 172 Å². The lowest BCUT2D eigenvalue weighted by Gasteiger charge is -2.31. The molecule has 0 radical (unpaired) electrons. The molecule has 10 nitrogen and oxygen atoms in total. The molecule has 11 heteroatoms. The van der Waals surface area contributed by atoms with Gasteiger partial charge < -0.3 is 20.1 Å². The minimum Gasteiger partial charge on any atom is -0.481 e. The number of ether oxygens (including phenoxy) is 1. The van der Waals surface area contributed by atoms with Gasteiger partial charge in [-0.15, -0.1) is 0 Å². The molecule has 0 aromatic carbocycles. The lowest BCUT2D eigenvalue weighted by molar-refractivity contribution is -0.137. The Morgan fingerprint density at radius 2 is 1.72 bits per heavy atom. The molecule has 0 unspecified atom stereocenters. The first-order valence-electron chi connectivity index (χ1n) is 9.72. The van der Waals surface area contributed by atoms with Crippen LogP contribution < -0.4 is 5.32 Å². The van der Waals surface area contributed by atoms with E-state index in [-0.39, 0.29) is 19.0 Å². The fourth-order valence-corrected chi connectivity index (χ4v) is 4.31. The molecular formula is C18H35N2O8P. The van der Waals surface area contributed by atoms with Crippen molar-refractivity contribution in [3.63, 3.8) is 0 Å². The van der Waals surface area contributed by atoms with Gasteiger partial charge in [0.2, 0.25) is 6.79 Å². The number of aliphatic carboxylic acids is 1. The molecule has 1 saturated heterocycles. The van der Waals surface area contributed by atoms with E-state index in [0.717, 1.165) is 19.4 Å². The van der Waals surface area contributed by atoms with Gasteiger partial charge in [-0.2, -0.15) is 0 Å². The normalized spacial score (nSPS) is 17.9. The molecule has 1 rings (SSSR count). The number of hydrogen-bond donors (Lipinski definition) is 2. The third kappa shape index (κ3) is 11.5. The molecule has 29 heavy (non-hydrogen) atoms. The number of nitrogens with zero attached hydrogens (tertiary/aromatic N) is 1. The molecule has 1 aliphatic rings. The highest BCUT2D eigenvalue weighted by Crippen LogP contribution is 2.55. The van der Waals surface area contributed by atoms with Gasteiger partial charge in [0.25, 0.3) is 0 Å². The largest absolute Gasteiger partial charge is 0.481 e. The third-order valence-electron chi connectivity index (χ3n) is 3.62. The lowest BCUT2D eigenvalue weighted by Crippen LogP contribution is -2.42. The standard InChI is InChI=1S/C18H35N2O8P/c1-17(2,3)27-29(24,28-18(4,5)6)26-13-25-16(23)20(11-9-15(21)22)12-14-8-7-10-19-14/h14,19H,7-13H2,1-6H3,(H,21,22)/t14-/m0/s1. The van der Waals surface area contributed by atoms with Crippen LogP contribution in [0.25, 0.3) is 0 Å². The van der Waals surface area contributed by atoms with E-state index in [0.29, 0.717) is 6.54 Å². The Hall–Kier alpha value is -1.19. The molecule has 1 aliphatic heterocycles. The van der Waals surface area contributed by atoms with E-state index in [9.17, 15) is 14.2 Å². The predicted octanol–water partition coefficient (Wildman–Crippen LogP) is 3.36. The highest BCUT2D eigenvalue weighted by molar-refractivity contribution is 7.48. The van der Waals surface area contributed by atoms with Gasteiger partial charge in [0.05, 0.1) is 17.6 Å². The van der Waals surface area contributed by atoms with Crippen LogP contribution in [0, 0.1) is 0 Å². The Kier molecular flexibility index (Phi) is 9.56. The van der Waals surface area contributed by atoms with Crippen molar-refractivity contribution in [1.29, 1.82) is 0 Å². The van der Waals surface area contributed by atoms with Crippen molar-refractivity contribution in [3.8, 4) is 0 Å². The van der Waals surface area contributed by atoms with E-state index in [4.69, 9.17) is 23.4 Å². The average Bonchev–Trinajstić information content (AvgIpc) is 2.99. The van der Waals surface area contributed by atoms with E-state index in [1.807, 2.05) is 0 Å². The number of carbonyl (C=O) groups is 2. The first kappa shape index (κ1) is 25.8. The molecule has 170 valence electrons. The summed E-state index contributed by atoms with van der Waals surface area (Å²) in [6.45, 7) is 10.7. The summed E-state index contributed by atoms with van der Waals surface area (Å²) in [5.74, 6) is -1.01. The van der Waals surface area contributed by atoms with Gasteiger partial charge in [-0.1, -0.05) is 0 Å². The molecule has 1 heterocycles. The van der Waals surface area contributed by atoms with E-state index in [1.54, 1.807) is 41.5 Å². The van der Waals surface area contributed by atoms with Crippen LogP contribution in [0.5, 0.6) is 0 Å². The van der Waals surface area contributed by atoms with E-state index >= 15 is 0 Å². The summed E-state index contributed by atoms with van der Waals surface area (Å²) < 4.78 is 34.1. The predicted molar refractivity (Wildman–Crippen MR) is 107 cm³/mol. The van der Waals surface area contributed by atoms with Gasteiger partial charge in [0.1, 0.15) is 0 Å². The number of carboxylic acids is 1. The molecule has 2 N–H and O–H groups in total. The maximum absolute atomic E-state index is 12.9. The number of amides is 1. The highest BCUT2D eigenvalue weighted by Gasteiger charge is 2.37. The van der Waals surface area contributed by atoms with Crippen LogP contribution in [0.3, 0.4) is 0 Å². The van der Waals surface area contributed by atoms with Crippen molar-refractivity contribution in [2.45, 2.75) is 78.0 Å². The third-order valence-corrected chi connectivity index (χ3v) is 5.59. The van der Waals surface area contributed by atoms with E-state index < -0.39 is 37.9 Å². The molecule has 1 atom stereocenters. The van der Waals surface area contributed by atoms with Crippen molar-refractivity contribution >= 4 is 19.9 Å². The van der Waals surface area contributed by atoms with Crippen LogP contribution in [-0.2, 0) is 27.7 Å². The number of carbonyl (C=O) groups excluding carboxylic acids is 1. The van der Waals surface area contributed by atoms with Crippen LogP contribution >= 0.6 is 7.82 Å². The van der Waals surface area contributed by atoms with Crippen molar-refractivity contribution in [2.24, 2.45) is 0 Å². The monoisotopic (exact) mass is 438 g/mol. The number of rotatable bonds is 10. The minimum atomic E-state index is -4.01. The zero-order chi connectivity index (χ0) is 22.3. The highest BCUT2D eigenvalue weighted by atomic mass is 31.2. The molecule has 0 spiro atoms. The average molecular weight is 438 g/mol. The molecular weight excluding hydrogens is 403 g/mol. The van der Waals surface area contributed by atoms with Crippen LogP contribution in [0.2, 0.25) is 0 Å². The maximum Gasteiger partial charge on any atom is 0.478 e. The molecule has 0 aromatic heterocycles. The van der Waals surface area contributed by atoms with Gasteiger partial charge in [0, 0.05) is 19.1 Å². The topological polar surface area (TPSA) is 124 Å². The fraction of sp³-hybridized carbons (Fsp3) is 0.889. The molecule has 0 aliphatic carbocycles. The summed E-state index contributed by atoms with van der Waals surface area (Å²) >= 11 is 0. The first-order chi connectivity index (χ1) is 13.2. The second-order valence-electron chi connectivity index (χ2n) is 8.89.